The Labute approximate surface area is 261 Å². The van der Waals surface area contributed by atoms with E-state index in [0.717, 1.165) is 45.7 Å². The number of likely N-dealkylation sites (N-methyl/N-ethyl adjacent to an activating group) is 2. The number of amides is 2. The third kappa shape index (κ3) is 18.7. The summed E-state index contributed by atoms with van der Waals surface area (Å²) in [5.41, 5.74) is 0. The van der Waals surface area contributed by atoms with Crippen LogP contribution in [0.25, 0.3) is 0 Å². The number of anilines is 1. The van der Waals surface area contributed by atoms with Gasteiger partial charge < -0.3 is 36.0 Å². The predicted octanol–water partition coefficient (Wildman–Crippen LogP) is 1.37. The van der Waals surface area contributed by atoms with Gasteiger partial charge in [0.15, 0.2) is 0 Å². The smallest absolute Gasteiger partial charge is 0.475 e. The number of aromatic nitrogens is 1. The van der Waals surface area contributed by atoms with Gasteiger partial charge in [-0.2, -0.15) is 26.3 Å². The maximum absolute atomic E-state index is 12.5. The first-order chi connectivity index (χ1) is 21.4. The van der Waals surface area contributed by atoms with Crippen LogP contribution >= 0.6 is 0 Å². The molecule has 0 saturated heterocycles. The fourth-order valence-electron chi connectivity index (χ4n) is 3.34. The van der Waals surface area contributed by atoms with E-state index in [9.17, 15) is 35.9 Å². The third-order valence-corrected chi connectivity index (χ3v) is 5.95. The number of nitrogens with one attached hydrogen (secondary N) is 4. The molecule has 262 valence electrons. The number of carbonyl (C=O) groups is 4. The third-order valence-electron chi connectivity index (χ3n) is 5.95. The van der Waals surface area contributed by atoms with Crippen LogP contribution in [0.5, 0.6) is 0 Å². The molecule has 1 aliphatic heterocycles. The van der Waals surface area contributed by atoms with Gasteiger partial charge in [0.05, 0.1) is 6.54 Å². The second-order valence-electron chi connectivity index (χ2n) is 9.28. The number of alkyl halides is 6. The molecule has 2 heterocycles. The molecular formula is C26H40F6N8O6. The first-order valence-corrected chi connectivity index (χ1v) is 14.0. The van der Waals surface area contributed by atoms with Gasteiger partial charge in [0, 0.05) is 39.3 Å². The topological polar surface area (TPSA) is 189 Å². The van der Waals surface area contributed by atoms with Crippen LogP contribution in [-0.2, 0) is 19.2 Å². The monoisotopic (exact) mass is 674 g/mol. The van der Waals surface area contributed by atoms with E-state index in [-0.39, 0.29) is 18.4 Å². The number of aliphatic carboxylic acids is 2. The lowest BCUT2D eigenvalue weighted by molar-refractivity contribution is -0.193. The molecule has 1 aliphatic rings. The summed E-state index contributed by atoms with van der Waals surface area (Å²) in [6, 6.07) is 4.83. The molecule has 2 amide bonds. The zero-order valence-corrected chi connectivity index (χ0v) is 25.5. The molecule has 20 heteroatoms. The number of guanidine groups is 1. The van der Waals surface area contributed by atoms with Crippen molar-refractivity contribution in [2.24, 2.45) is 4.99 Å². The summed E-state index contributed by atoms with van der Waals surface area (Å²) in [6.07, 6.45) is -7.16. The normalized spacial score (nSPS) is 14.5. The minimum atomic E-state index is -5.08. The average Bonchev–Trinajstić information content (AvgIpc) is 2.98. The van der Waals surface area contributed by atoms with Gasteiger partial charge in [-0.3, -0.25) is 14.9 Å². The molecule has 1 aromatic heterocycles. The van der Waals surface area contributed by atoms with Crippen LogP contribution in [0.3, 0.4) is 0 Å². The summed E-state index contributed by atoms with van der Waals surface area (Å²) < 4.78 is 63.5. The Morgan fingerprint density at radius 1 is 0.957 bits per heavy atom. The number of rotatable bonds is 14. The number of hydrogen-bond acceptors (Lipinski definition) is 10. The van der Waals surface area contributed by atoms with Gasteiger partial charge in [0.2, 0.25) is 11.9 Å². The lowest BCUT2D eigenvalue weighted by atomic mass is 10.2. The Morgan fingerprint density at radius 2 is 1.50 bits per heavy atom. The van der Waals surface area contributed by atoms with Gasteiger partial charge in [-0.05, 0) is 44.7 Å². The summed E-state index contributed by atoms with van der Waals surface area (Å²) in [5.74, 6) is -4.90. The van der Waals surface area contributed by atoms with E-state index in [4.69, 9.17) is 19.8 Å². The van der Waals surface area contributed by atoms with E-state index >= 15 is 0 Å². The van der Waals surface area contributed by atoms with Crippen molar-refractivity contribution in [3.8, 4) is 0 Å². The van der Waals surface area contributed by atoms with Crippen LogP contribution in [0, 0.1) is 0 Å². The Morgan fingerprint density at radius 3 is 1.96 bits per heavy atom. The van der Waals surface area contributed by atoms with Gasteiger partial charge >= 0.3 is 24.3 Å². The number of aliphatic imine (C=N–C) groups is 1. The molecule has 1 unspecified atom stereocenters. The highest BCUT2D eigenvalue weighted by atomic mass is 19.4. The molecule has 0 spiro atoms. The minimum Gasteiger partial charge on any atom is -0.475 e. The first-order valence-electron chi connectivity index (χ1n) is 14.0. The van der Waals surface area contributed by atoms with Crippen molar-refractivity contribution in [1.29, 1.82) is 0 Å². The number of carboxylic acid groups (broad SMARTS) is 2. The summed E-state index contributed by atoms with van der Waals surface area (Å²) in [6.45, 7) is 11.2. The van der Waals surface area contributed by atoms with Gasteiger partial charge in [0.25, 0.3) is 5.91 Å². The summed E-state index contributed by atoms with van der Waals surface area (Å²) in [7, 11) is 1.65. The Balaban J connectivity index is 0.00000120. The molecule has 0 radical (unpaired) electrons. The van der Waals surface area contributed by atoms with Crippen LogP contribution in [0.15, 0.2) is 29.4 Å². The number of halogens is 6. The molecule has 1 aromatic rings. The Bertz CT molecular complexity index is 1080. The summed E-state index contributed by atoms with van der Waals surface area (Å²) in [5, 5.41) is 26.7. The second kappa shape index (κ2) is 21.7. The van der Waals surface area contributed by atoms with Gasteiger partial charge in [0.1, 0.15) is 11.9 Å². The standard InChI is InChI=1S/C22H38N8O2.2C2HF3O2/c1-4-30(5-2)16-15-24-12-8-11-23-14-10-20(31)29(3)18-17-26-22(28-21(18)32)27-19-9-6-7-13-25-19;2*3-2(4,5)1(6)7/h6-7,9,13,18,23-24H,4-5,8,10-12,14-17H2,1-3H3,(H2,25,26,27,28,32);2*(H,6,7). The largest absolute Gasteiger partial charge is 0.490 e. The van der Waals surface area contributed by atoms with E-state index in [1.807, 2.05) is 12.1 Å². The average molecular weight is 675 g/mol. The van der Waals surface area contributed by atoms with Crippen molar-refractivity contribution in [3.63, 3.8) is 0 Å². The highest BCUT2D eigenvalue weighted by Gasteiger charge is 2.39. The molecule has 2 rings (SSSR count). The van der Waals surface area contributed by atoms with Gasteiger partial charge in [-0.1, -0.05) is 19.9 Å². The Hall–Kier alpha value is -4.04. The molecule has 6 N–H and O–H groups in total. The molecular weight excluding hydrogens is 634 g/mol. The van der Waals surface area contributed by atoms with Crippen LogP contribution < -0.4 is 21.3 Å². The van der Waals surface area contributed by atoms with E-state index in [0.29, 0.717) is 24.7 Å². The van der Waals surface area contributed by atoms with E-state index in [1.54, 1.807) is 19.3 Å². The Kier molecular flexibility index (Phi) is 19.8. The molecule has 46 heavy (non-hydrogen) atoms. The quantitative estimate of drug-likeness (QED) is 0.124. The van der Waals surface area contributed by atoms with E-state index in [2.05, 4.69) is 50.0 Å². The molecule has 0 saturated carbocycles. The second-order valence-corrected chi connectivity index (χ2v) is 9.28. The van der Waals surface area contributed by atoms with Crippen molar-refractivity contribution in [2.75, 3.05) is 64.7 Å². The predicted molar refractivity (Wildman–Crippen MR) is 155 cm³/mol. The minimum absolute atomic E-state index is 0.0775. The lowest BCUT2D eigenvalue weighted by Gasteiger charge is -2.29. The maximum atomic E-state index is 12.5. The SMILES string of the molecule is CCN(CC)CCNCCCNCCC(=O)N(C)C1CN=C(Nc2ccccn2)NC1=O.O=C(O)C(F)(F)F.O=C(O)C(F)(F)F. The van der Waals surface area contributed by atoms with Crippen LogP contribution in [0.4, 0.5) is 32.2 Å². The number of pyridine rings is 1. The van der Waals surface area contributed by atoms with Gasteiger partial charge in [-0.25, -0.2) is 19.6 Å². The number of nitrogens with zero attached hydrogens (tertiary/aromatic N) is 4. The molecule has 0 bridgehead atoms. The van der Waals surface area contributed by atoms with Crippen molar-refractivity contribution >= 4 is 35.5 Å². The van der Waals surface area contributed by atoms with E-state index in [1.165, 1.54) is 4.90 Å². The number of carboxylic acids is 2. The van der Waals surface area contributed by atoms with Crippen LogP contribution in [0.2, 0.25) is 0 Å². The molecule has 14 nitrogen and oxygen atoms in total. The van der Waals surface area contributed by atoms with Crippen LogP contribution in [-0.4, -0.2) is 133 Å². The fourth-order valence-corrected chi connectivity index (χ4v) is 3.34. The van der Waals surface area contributed by atoms with Crippen LogP contribution in [0.1, 0.15) is 26.7 Å². The summed E-state index contributed by atoms with van der Waals surface area (Å²) in [4.78, 5) is 55.1. The zero-order valence-electron chi connectivity index (χ0n) is 25.5. The highest BCUT2D eigenvalue weighted by Crippen LogP contribution is 2.13. The molecule has 0 aliphatic carbocycles. The fraction of sp³-hybridized carbons (Fsp3) is 0.615. The maximum Gasteiger partial charge on any atom is 0.490 e. The van der Waals surface area contributed by atoms with Crippen molar-refractivity contribution in [2.45, 2.75) is 45.1 Å². The van der Waals surface area contributed by atoms with E-state index < -0.39 is 30.3 Å². The molecule has 0 fully saturated rings. The van der Waals surface area contributed by atoms with Crippen molar-refractivity contribution in [3.05, 3.63) is 24.4 Å². The molecule has 1 atom stereocenters. The molecule has 0 aromatic carbocycles. The lowest BCUT2D eigenvalue weighted by Crippen LogP contribution is -2.55. The number of hydrogen-bond donors (Lipinski definition) is 6. The zero-order chi connectivity index (χ0) is 35.3. The number of carbonyl (C=O) groups excluding carboxylic acids is 2. The highest BCUT2D eigenvalue weighted by molar-refractivity contribution is 6.07. The summed E-state index contributed by atoms with van der Waals surface area (Å²) >= 11 is 0. The van der Waals surface area contributed by atoms with Crippen molar-refractivity contribution < 1.29 is 55.7 Å². The van der Waals surface area contributed by atoms with Crippen molar-refractivity contribution in [1.82, 2.24) is 30.7 Å². The van der Waals surface area contributed by atoms with Gasteiger partial charge in [-0.15, -0.1) is 0 Å². The first kappa shape index (κ1) is 42.0.